The molecule has 1 amide bonds. The number of aromatic nitrogens is 1. The minimum atomic E-state index is -4.24. The zero-order chi connectivity index (χ0) is 27.4. The molecule has 0 bridgehead atoms. The van der Waals surface area contributed by atoms with Crippen LogP contribution in [0.3, 0.4) is 0 Å². The third-order valence-corrected chi connectivity index (χ3v) is 7.44. The third kappa shape index (κ3) is 6.35. The molecule has 4 aromatic rings. The van der Waals surface area contributed by atoms with E-state index in [9.17, 15) is 17.6 Å². The quantitative estimate of drug-likeness (QED) is 0.290. The van der Waals surface area contributed by atoms with Crippen LogP contribution >= 0.6 is 0 Å². The SMILES string of the molecule is COc1ccc(N(Cc2cccnc2)c2ccc(C(=O)NS(=O)(=O)c3cccc(F)c3)cc2)cc1OC1CC1. The molecule has 10 heteroatoms. The predicted molar refractivity (Wildman–Crippen MR) is 144 cm³/mol. The minimum Gasteiger partial charge on any atom is -0.493 e. The Labute approximate surface area is 226 Å². The molecule has 0 radical (unpaired) electrons. The fourth-order valence-electron chi connectivity index (χ4n) is 3.96. The maximum atomic E-state index is 13.5. The zero-order valence-corrected chi connectivity index (χ0v) is 21.9. The first kappa shape index (κ1) is 26.2. The van der Waals surface area contributed by atoms with Crippen molar-refractivity contribution in [2.24, 2.45) is 0 Å². The number of methoxy groups -OCH3 is 1. The minimum absolute atomic E-state index is 0.132. The van der Waals surface area contributed by atoms with E-state index in [0.29, 0.717) is 18.0 Å². The Kier molecular flexibility index (Phi) is 7.47. The van der Waals surface area contributed by atoms with Gasteiger partial charge in [0.15, 0.2) is 11.5 Å². The summed E-state index contributed by atoms with van der Waals surface area (Å²) in [5.41, 5.74) is 2.68. The summed E-state index contributed by atoms with van der Waals surface area (Å²) in [5.74, 6) is -0.257. The van der Waals surface area contributed by atoms with Gasteiger partial charge in [-0.1, -0.05) is 12.1 Å². The van der Waals surface area contributed by atoms with Gasteiger partial charge in [0.25, 0.3) is 15.9 Å². The molecule has 39 heavy (non-hydrogen) atoms. The molecule has 8 nitrogen and oxygen atoms in total. The van der Waals surface area contributed by atoms with Crippen LogP contribution in [0.1, 0.15) is 28.8 Å². The molecule has 0 spiro atoms. The molecule has 0 unspecified atom stereocenters. The Balaban J connectivity index is 1.42. The van der Waals surface area contributed by atoms with E-state index in [4.69, 9.17) is 9.47 Å². The molecular weight excluding hydrogens is 521 g/mol. The molecule has 1 saturated carbocycles. The van der Waals surface area contributed by atoms with Gasteiger partial charge in [-0.2, -0.15) is 0 Å². The maximum absolute atomic E-state index is 13.5. The topological polar surface area (TPSA) is 97.8 Å². The van der Waals surface area contributed by atoms with Crippen LogP contribution < -0.4 is 19.1 Å². The van der Waals surface area contributed by atoms with E-state index in [0.717, 1.165) is 41.9 Å². The summed E-state index contributed by atoms with van der Waals surface area (Å²) in [7, 11) is -2.64. The molecule has 1 heterocycles. The number of benzene rings is 3. The highest BCUT2D eigenvalue weighted by Crippen LogP contribution is 2.38. The highest BCUT2D eigenvalue weighted by Gasteiger charge is 2.26. The van der Waals surface area contributed by atoms with Crippen LogP contribution in [-0.4, -0.2) is 32.5 Å². The number of nitrogens with one attached hydrogen (secondary N) is 1. The van der Waals surface area contributed by atoms with Crippen LogP contribution in [0, 0.1) is 5.82 Å². The number of carbonyl (C=O) groups is 1. The first-order valence-corrected chi connectivity index (χ1v) is 13.7. The number of carbonyl (C=O) groups excluding carboxylic acids is 1. The highest BCUT2D eigenvalue weighted by atomic mass is 32.2. The van der Waals surface area contributed by atoms with E-state index in [1.165, 1.54) is 24.3 Å². The van der Waals surface area contributed by atoms with Gasteiger partial charge in [-0.25, -0.2) is 17.5 Å². The van der Waals surface area contributed by atoms with E-state index in [2.05, 4.69) is 4.98 Å². The summed E-state index contributed by atoms with van der Waals surface area (Å²) in [5, 5.41) is 0. The molecular formula is C29H26FN3O5S. The van der Waals surface area contributed by atoms with Crippen LogP contribution in [-0.2, 0) is 16.6 Å². The van der Waals surface area contributed by atoms with Gasteiger partial charge < -0.3 is 14.4 Å². The number of halogens is 1. The van der Waals surface area contributed by atoms with E-state index in [1.54, 1.807) is 31.6 Å². The second kappa shape index (κ2) is 11.1. The summed E-state index contributed by atoms with van der Waals surface area (Å²) in [6.45, 7) is 0.475. The number of hydrogen-bond donors (Lipinski definition) is 1. The Morgan fingerprint density at radius 1 is 1.00 bits per heavy atom. The first-order chi connectivity index (χ1) is 18.8. The van der Waals surface area contributed by atoms with Crippen molar-refractivity contribution in [2.45, 2.75) is 30.4 Å². The Bertz CT molecular complexity index is 1580. The maximum Gasteiger partial charge on any atom is 0.264 e. The molecule has 1 aromatic heterocycles. The molecule has 1 N–H and O–H groups in total. The van der Waals surface area contributed by atoms with E-state index in [1.807, 2.05) is 40.0 Å². The zero-order valence-electron chi connectivity index (χ0n) is 21.1. The van der Waals surface area contributed by atoms with E-state index < -0.39 is 21.7 Å². The van der Waals surface area contributed by atoms with Crippen molar-refractivity contribution in [3.8, 4) is 11.5 Å². The van der Waals surface area contributed by atoms with Gasteiger partial charge in [0.2, 0.25) is 0 Å². The first-order valence-electron chi connectivity index (χ1n) is 12.3. The summed E-state index contributed by atoms with van der Waals surface area (Å²) in [4.78, 5) is 18.7. The fraction of sp³-hybridized carbons (Fsp3) is 0.172. The number of nitrogens with zero attached hydrogens (tertiary/aromatic N) is 2. The number of anilines is 2. The molecule has 5 rings (SSSR count). The Morgan fingerprint density at radius 2 is 1.77 bits per heavy atom. The van der Waals surface area contributed by atoms with E-state index in [-0.39, 0.29) is 16.6 Å². The number of pyridine rings is 1. The van der Waals surface area contributed by atoms with Crippen molar-refractivity contribution in [1.29, 1.82) is 0 Å². The average Bonchev–Trinajstić information content (AvgIpc) is 3.76. The second-order valence-electron chi connectivity index (χ2n) is 9.04. The summed E-state index contributed by atoms with van der Waals surface area (Å²) < 4.78 is 52.2. The van der Waals surface area contributed by atoms with Crippen molar-refractivity contribution < 1.29 is 27.1 Å². The number of sulfonamides is 1. The lowest BCUT2D eigenvalue weighted by molar-refractivity contribution is 0.0981. The van der Waals surface area contributed by atoms with Crippen LogP contribution in [0.15, 0.2) is 96.2 Å². The lowest BCUT2D eigenvalue weighted by Gasteiger charge is -2.26. The Hall–Kier alpha value is -4.44. The molecule has 1 fully saturated rings. The standard InChI is InChI=1S/C29H26FN3O5S/c1-37-27-14-11-24(17-28(27)38-25-12-13-25)33(19-20-4-3-15-31-18-20)23-9-7-21(8-10-23)29(34)32-39(35,36)26-6-2-5-22(30)16-26/h2-11,14-18,25H,12-13,19H2,1H3,(H,32,34). The molecule has 200 valence electrons. The van der Waals surface area contributed by atoms with Crippen LogP contribution in [0.4, 0.5) is 15.8 Å². The molecule has 1 aliphatic rings. The van der Waals surface area contributed by atoms with E-state index >= 15 is 0 Å². The summed E-state index contributed by atoms with van der Waals surface area (Å²) in [6.07, 6.45) is 5.67. The predicted octanol–water partition coefficient (Wildman–Crippen LogP) is 5.23. The Morgan fingerprint density at radius 3 is 2.44 bits per heavy atom. The van der Waals surface area contributed by atoms with Crippen molar-refractivity contribution >= 4 is 27.3 Å². The number of hydrogen-bond acceptors (Lipinski definition) is 7. The number of rotatable bonds is 10. The fourth-order valence-corrected chi connectivity index (χ4v) is 4.97. The summed E-state index contributed by atoms with van der Waals surface area (Å²) in [6, 6.07) is 20.5. The van der Waals surface area contributed by atoms with Gasteiger partial charge in [-0.05, 0) is 79.1 Å². The van der Waals surface area contributed by atoms with Gasteiger partial charge in [-0.3, -0.25) is 9.78 Å². The molecule has 0 atom stereocenters. The van der Waals surface area contributed by atoms with Gasteiger partial charge in [-0.15, -0.1) is 0 Å². The largest absolute Gasteiger partial charge is 0.493 e. The smallest absolute Gasteiger partial charge is 0.264 e. The lowest BCUT2D eigenvalue weighted by Crippen LogP contribution is -2.30. The van der Waals surface area contributed by atoms with Crippen molar-refractivity contribution in [2.75, 3.05) is 12.0 Å². The number of amides is 1. The summed E-state index contributed by atoms with van der Waals surface area (Å²) >= 11 is 0. The van der Waals surface area contributed by atoms with Gasteiger partial charge in [0.05, 0.1) is 18.1 Å². The third-order valence-electron chi connectivity index (χ3n) is 6.11. The van der Waals surface area contributed by atoms with Crippen LogP contribution in [0.25, 0.3) is 0 Å². The molecule has 0 saturated heterocycles. The molecule has 0 aliphatic heterocycles. The van der Waals surface area contributed by atoms with Crippen molar-refractivity contribution in [3.63, 3.8) is 0 Å². The van der Waals surface area contributed by atoms with Gasteiger partial charge in [0, 0.05) is 41.9 Å². The normalized spacial score (nSPS) is 13.0. The highest BCUT2D eigenvalue weighted by molar-refractivity contribution is 7.90. The van der Waals surface area contributed by atoms with Crippen LogP contribution in [0.2, 0.25) is 0 Å². The van der Waals surface area contributed by atoms with Crippen molar-refractivity contribution in [1.82, 2.24) is 9.71 Å². The van der Waals surface area contributed by atoms with Crippen molar-refractivity contribution in [3.05, 3.63) is 108 Å². The van der Waals surface area contributed by atoms with Gasteiger partial charge >= 0.3 is 0 Å². The monoisotopic (exact) mass is 547 g/mol. The molecule has 3 aromatic carbocycles. The number of ether oxygens (including phenoxy) is 2. The van der Waals surface area contributed by atoms with Crippen LogP contribution in [0.5, 0.6) is 11.5 Å². The lowest BCUT2D eigenvalue weighted by atomic mass is 10.1. The average molecular weight is 548 g/mol. The molecule has 1 aliphatic carbocycles. The second-order valence-corrected chi connectivity index (χ2v) is 10.7. The van der Waals surface area contributed by atoms with Gasteiger partial charge in [0.1, 0.15) is 5.82 Å².